The molecule has 255 valence electrons. The van der Waals surface area contributed by atoms with Crippen molar-refractivity contribution in [3.05, 3.63) is 169 Å². The van der Waals surface area contributed by atoms with E-state index in [9.17, 15) is 0 Å². The Morgan fingerprint density at radius 2 is 1.55 bits per heavy atom. The molecule has 0 N–H and O–H groups in total. The average Bonchev–Trinajstić information content (AvgIpc) is 3.60. The molecular formula is C47H40IrN2O-2. The molecule has 1 radical (unpaired) electrons. The molecule has 0 atom stereocenters. The van der Waals surface area contributed by atoms with Crippen molar-refractivity contribution in [2.45, 2.75) is 40.9 Å². The van der Waals surface area contributed by atoms with Crippen molar-refractivity contribution in [1.29, 1.82) is 0 Å². The van der Waals surface area contributed by atoms with Crippen molar-refractivity contribution < 1.29 is 34.1 Å². The Hall–Kier alpha value is -5.15. The summed E-state index contributed by atoms with van der Waals surface area (Å²) in [6.45, 7) is 2.45. The van der Waals surface area contributed by atoms with Crippen LogP contribution in [0.3, 0.4) is 0 Å². The molecule has 3 aromatic heterocycles. The predicted molar refractivity (Wildman–Crippen MR) is 208 cm³/mol. The average molecular weight is 848 g/mol. The van der Waals surface area contributed by atoms with Gasteiger partial charge in [-0.15, -0.1) is 47.5 Å². The van der Waals surface area contributed by atoms with Gasteiger partial charge in [-0.1, -0.05) is 135 Å². The van der Waals surface area contributed by atoms with E-state index in [0.717, 1.165) is 49.9 Å². The fourth-order valence-corrected chi connectivity index (χ4v) is 5.87. The zero-order valence-electron chi connectivity index (χ0n) is 35.5. The van der Waals surface area contributed by atoms with Gasteiger partial charge in [-0.25, -0.2) is 0 Å². The van der Waals surface area contributed by atoms with Crippen LogP contribution in [-0.2, 0) is 26.5 Å². The molecule has 8 aromatic rings. The third-order valence-electron chi connectivity index (χ3n) is 8.19. The maximum absolute atomic E-state index is 8.51. The maximum Gasteiger partial charge on any atom is 0.120 e. The zero-order chi connectivity index (χ0) is 40.5. The molecule has 4 heteroatoms. The smallest absolute Gasteiger partial charge is 0.120 e. The van der Waals surface area contributed by atoms with Gasteiger partial charge in [0, 0.05) is 47.5 Å². The Bertz CT molecular complexity index is 2650. The topological polar surface area (TPSA) is 38.9 Å². The molecule has 8 rings (SSSR count). The second-order valence-corrected chi connectivity index (χ2v) is 13.1. The predicted octanol–water partition coefficient (Wildman–Crippen LogP) is 12.5. The van der Waals surface area contributed by atoms with E-state index in [1.165, 1.54) is 12.3 Å². The first kappa shape index (κ1) is 27.6. The molecular weight excluding hydrogens is 801 g/mol. The van der Waals surface area contributed by atoms with Crippen LogP contribution in [-0.4, -0.2) is 9.97 Å². The van der Waals surface area contributed by atoms with Gasteiger partial charge in [-0.3, -0.25) is 0 Å². The quantitative estimate of drug-likeness (QED) is 0.162. The number of pyridine rings is 2. The van der Waals surface area contributed by atoms with Crippen molar-refractivity contribution in [2.75, 3.05) is 0 Å². The van der Waals surface area contributed by atoms with Crippen LogP contribution >= 0.6 is 0 Å². The summed E-state index contributed by atoms with van der Waals surface area (Å²) in [5.74, 6) is 0. The first-order valence-electron chi connectivity index (χ1n) is 20.1. The normalized spacial score (nSPS) is 13.8. The summed E-state index contributed by atoms with van der Waals surface area (Å²) in [6.07, 6.45) is 1.87. The number of rotatable bonds is 5. The van der Waals surface area contributed by atoms with E-state index in [4.69, 9.17) is 14.0 Å². The second kappa shape index (κ2) is 15.4. The van der Waals surface area contributed by atoms with Crippen LogP contribution in [0.25, 0.3) is 66.7 Å². The number of fused-ring (bicyclic) bond motifs is 3. The summed E-state index contributed by atoms with van der Waals surface area (Å²) < 4.78 is 61.3. The van der Waals surface area contributed by atoms with Crippen LogP contribution in [0.2, 0.25) is 0 Å². The standard InChI is InChI=1S/C28H24NO.C19H16N.Ir/c1-28(2,3)18-19-11-13-20(14-12-19)21-15-16-29-25(17-21)24-9-6-8-23-22-7-4-5-10-26(22)30-27(23)24;1-14-8-11-19(20-13-14)17-10-9-15(2)18(12-17)16-6-4-3-5-7-16;/h4-8,10-17H,18H2,1-3H3;3-9,11-13H,1-2H3;/q2*-1;/i18D2;1D2,2D3;. The first-order valence-corrected chi connectivity index (χ1v) is 16.4. The van der Waals surface area contributed by atoms with Gasteiger partial charge in [-0.05, 0) is 70.0 Å². The Morgan fingerprint density at radius 1 is 0.745 bits per heavy atom. The fourth-order valence-electron chi connectivity index (χ4n) is 5.87. The van der Waals surface area contributed by atoms with Crippen LogP contribution in [0.1, 0.15) is 47.1 Å². The van der Waals surface area contributed by atoms with Crippen LogP contribution in [0, 0.1) is 31.3 Å². The fraction of sp³-hybridized carbons (Fsp3) is 0.149. The Balaban J connectivity index is 0.000000198. The van der Waals surface area contributed by atoms with Crippen molar-refractivity contribution in [2.24, 2.45) is 5.41 Å². The first-order chi connectivity index (χ1) is 27.1. The molecule has 0 spiro atoms. The van der Waals surface area contributed by atoms with Gasteiger partial charge in [-0.2, -0.15) is 0 Å². The number of aromatic nitrogens is 2. The van der Waals surface area contributed by atoms with Gasteiger partial charge in [0.1, 0.15) is 5.58 Å². The summed E-state index contributed by atoms with van der Waals surface area (Å²) in [4.78, 5) is 8.88. The summed E-state index contributed by atoms with van der Waals surface area (Å²) in [7, 11) is 0. The van der Waals surface area contributed by atoms with Crippen molar-refractivity contribution in [1.82, 2.24) is 9.97 Å². The third-order valence-corrected chi connectivity index (χ3v) is 8.19. The van der Waals surface area contributed by atoms with E-state index in [-0.39, 0.29) is 25.7 Å². The summed E-state index contributed by atoms with van der Waals surface area (Å²) >= 11 is 0. The molecule has 0 aliphatic heterocycles. The number of aryl methyl sites for hydroxylation is 2. The molecule has 0 aliphatic carbocycles. The SMILES string of the molecule is [2H]C([2H])(c1ccc(-c2ccnc(-c3[c-]ccc4c3oc3ccccc34)c2)cc1)C(C)(C)C.[2H]C([2H])c1ccc(-c2[c-]cc(C([2H])([2H])[2H])c(-c3ccccc3)c2)nc1.[Ir]. The van der Waals surface area contributed by atoms with Crippen LogP contribution in [0.15, 0.2) is 144 Å². The second-order valence-electron chi connectivity index (χ2n) is 13.1. The van der Waals surface area contributed by atoms with E-state index in [2.05, 4.69) is 28.2 Å². The van der Waals surface area contributed by atoms with Gasteiger partial charge in [0.2, 0.25) is 0 Å². The maximum atomic E-state index is 8.51. The molecule has 0 saturated carbocycles. The number of benzene rings is 5. The third kappa shape index (κ3) is 8.26. The molecule has 3 nitrogen and oxygen atoms in total. The van der Waals surface area contributed by atoms with E-state index < -0.39 is 25.5 Å². The van der Waals surface area contributed by atoms with Gasteiger partial charge in [0.15, 0.2) is 0 Å². The van der Waals surface area contributed by atoms with Crippen molar-refractivity contribution >= 4 is 21.9 Å². The van der Waals surface area contributed by atoms with Gasteiger partial charge in [0.25, 0.3) is 0 Å². The van der Waals surface area contributed by atoms with Crippen molar-refractivity contribution in [3.8, 4) is 44.8 Å². The number of nitrogens with zero attached hydrogens (tertiary/aromatic N) is 2. The van der Waals surface area contributed by atoms with Crippen molar-refractivity contribution in [3.63, 3.8) is 0 Å². The Kier molecular flexibility index (Phi) is 8.32. The Labute approximate surface area is 324 Å². The monoisotopic (exact) mass is 848 g/mol. The number of hydrogen-bond donors (Lipinski definition) is 0. The van der Waals surface area contributed by atoms with Crippen LogP contribution < -0.4 is 0 Å². The molecule has 0 saturated heterocycles. The minimum Gasteiger partial charge on any atom is -0.501 e. The van der Waals surface area contributed by atoms with E-state index in [1.807, 2.05) is 118 Å². The zero-order valence-corrected chi connectivity index (χ0v) is 30.9. The minimum absolute atomic E-state index is 0. The van der Waals surface area contributed by atoms with E-state index >= 15 is 0 Å². The molecule has 0 aliphatic rings. The number of para-hydroxylation sites is 1. The number of furan rings is 1. The van der Waals surface area contributed by atoms with Gasteiger partial charge < -0.3 is 14.4 Å². The molecule has 0 unspecified atom stereocenters. The molecule has 3 heterocycles. The summed E-state index contributed by atoms with van der Waals surface area (Å²) in [6, 6.07) is 46.0. The Morgan fingerprint density at radius 3 is 2.29 bits per heavy atom. The van der Waals surface area contributed by atoms with Gasteiger partial charge >= 0.3 is 0 Å². The molecule has 0 fully saturated rings. The van der Waals surface area contributed by atoms with Crippen LogP contribution in [0.5, 0.6) is 0 Å². The number of hydrogen-bond acceptors (Lipinski definition) is 3. The largest absolute Gasteiger partial charge is 0.501 e. The molecule has 0 bridgehead atoms. The summed E-state index contributed by atoms with van der Waals surface area (Å²) in [5.41, 5.74) is 8.97. The van der Waals surface area contributed by atoms with Crippen LogP contribution in [0.4, 0.5) is 0 Å². The minimum atomic E-state index is -2.23. The van der Waals surface area contributed by atoms with E-state index in [1.54, 1.807) is 24.4 Å². The van der Waals surface area contributed by atoms with Gasteiger partial charge in [0.05, 0.1) is 5.58 Å². The summed E-state index contributed by atoms with van der Waals surface area (Å²) in [5, 5.41) is 2.13. The molecule has 0 amide bonds. The molecule has 5 aromatic carbocycles. The molecule has 51 heavy (non-hydrogen) atoms. The van der Waals surface area contributed by atoms with E-state index in [0.29, 0.717) is 27.9 Å².